The minimum Gasteiger partial charge on any atom is -0.436 e. The third-order valence-corrected chi connectivity index (χ3v) is 5.04. The second-order valence-electron chi connectivity index (χ2n) is 7.33. The summed E-state index contributed by atoms with van der Waals surface area (Å²) in [6, 6.07) is 4.35. The summed E-state index contributed by atoms with van der Waals surface area (Å²) in [6.07, 6.45) is 5.49. The molecule has 1 fully saturated rings. The zero-order chi connectivity index (χ0) is 20.1. The Kier molecular flexibility index (Phi) is 4.06. The van der Waals surface area contributed by atoms with Crippen LogP contribution in [0.4, 0.5) is 10.1 Å². The van der Waals surface area contributed by atoms with Crippen LogP contribution < -0.4 is 10.7 Å². The summed E-state index contributed by atoms with van der Waals surface area (Å²) in [5, 5.41) is 4.45. The molecular weight excluding hydrogens is 375 g/mol. The molecule has 3 heterocycles. The molecule has 1 aliphatic carbocycles. The average molecular weight is 394 g/mol. The van der Waals surface area contributed by atoms with Crippen LogP contribution in [-0.2, 0) is 0 Å². The fourth-order valence-corrected chi connectivity index (χ4v) is 3.43. The van der Waals surface area contributed by atoms with Crippen LogP contribution in [0.1, 0.15) is 46.7 Å². The topological polar surface area (TPSA) is 95.1 Å². The number of aryl methyl sites for hydroxylation is 2. The van der Waals surface area contributed by atoms with Gasteiger partial charge in [-0.3, -0.25) is 4.79 Å². The van der Waals surface area contributed by atoms with Crippen molar-refractivity contribution in [3.63, 3.8) is 0 Å². The van der Waals surface area contributed by atoms with Gasteiger partial charge < -0.3 is 9.73 Å². The molecule has 0 radical (unpaired) electrons. The molecule has 148 valence electrons. The number of hydrogen-bond acceptors (Lipinski definition) is 7. The Morgan fingerprint density at radius 3 is 2.90 bits per heavy atom. The highest BCUT2D eigenvalue weighted by molar-refractivity contribution is 6.03. The van der Waals surface area contributed by atoms with Gasteiger partial charge >= 0.3 is 0 Å². The van der Waals surface area contributed by atoms with Gasteiger partial charge in [0.25, 0.3) is 5.91 Å². The molecule has 0 bridgehead atoms. The number of carbonyl (C=O) groups excluding carboxylic acids is 1. The Morgan fingerprint density at radius 1 is 1.34 bits per heavy atom. The van der Waals surface area contributed by atoms with Gasteiger partial charge in [0, 0.05) is 30.6 Å². The lowest BCUT2D eigenvalue weighted by Gasteiger charge is -2.19. The van der Waals surface area contributed by atoms with E-state index in [1.54, 1.807) is 24.9 Å². The summed E-state index contributed by atoms with van der Waals surface area (Å²) in [7, 11) is 0. The van der Waals surface area contributed by atoms with E-state index < -0.39 is 17.9 Å². The normalized spacial score (nSPS) is 20.4. The molecule has 29 heavy (non-hydrogen) atoms. The van der Waals surface area contributed by atoms with E-state index in [2.05, 4.69) is 25.7 Å². The quantitative estimate of drug-likeness (QED) is 0.830. The van der Waals surface area contributed by atoms with Crippen molar-refractivity contribution in [1.82, 2.24) is 15.4 Å². The lowest BCUT2D eigenvalue weighted by molar-refractivity contribution is 0.0994. The fraction of sp³-hybridized carbons (Fsp3) is 0.300. The minimum absolute atomic E-state index is 0.136. The number of carbonyl (C=O) groups is 1. The van der Waals surface area contributed by atoms with Gasteiger partial charge in [-0.1, -0.05) is 0 Å². The lowest BCUT2D eigenvalue weighted by Crippen LogP contribution is -2.35. The van der Waals surface area contributed by atoms with E-state index in [9.17, 15) is 9.18 Å². The Bertz CT molecular complexity index is 1100. The number of oxazole rings is 1. The van der Waals surface area contributed by atoms with Crippen LogP contribution in [0.15, 0.2) is 44.4 Å². The molecule has 2 aliphatic heterocycles. The summed E-state index contributed by atoms with van der Waals surface area (Å²) in [4.78, 5) is 25.4. The van der Waals surface area contributed by atoms with E-state index >= 15 is 0 Å². The molecule has 8 nitrogen and oxygen atoms in total. The van der Waals surface area contributed by atoms with Crippen LogP contribution in [-0.4, -0.2) is 28.1 Å². The first kappa shape index (κ1) is 17.7. The maximum atomic E-state index is 14.5. The van der Waals surface area contributed by atoms with E-state index in [-0.39, 0.29) is 5.76 Å². The zero-order valence-corrected chi connectivity index (χ0v) is 15.9. The number of amides is 1. The smallest absolute Gasteiger partial charge is 0.293 e. The highest BCUT2D eigenvalue weighted by Crippen LogP contribution is 2.37. The van der Waals surface area contributed by atoms with Crippen molar-refractivity contribution in [2.45, 2.75) is 32.9 Å². The van der Waals surface area contributed by atoms with E-state index in [1.807, 2.05) is 12.4 Å². The van der Waals surface area contributed by atoms with E-state index in [4.69, 9.17) is 4.42 Å². The van der Waals surface area contributed by atoms with Crippen molar-refractivity contribution >= 4 is 23.8 Å². The van der Waals surface area contributed by atoms with Crippen molar-refractivity contribution < 1.29 is 13.6 Å². The molecule has 2 aromatic rings. The Hall–Kier alpha value is -3.33. The van der Waals surface area contributed by atoms with Crippen LogP contribution in [0.3, 0.4) is 0 Å². The van der Waals surface area contributed by atoms with Crippen LogP contribution in [0.2, 0.25) is 0 Å². The van der Waals surface area contributed by atoms with Gasteiger partial charge in [0.05, 0.1) is 5.69 Å². The van der Waals surface area contributed by atoms with Crippen molar-refractivity contribution in [2.75, 3.05) is 5.32 Å². The van der Waals surface area contributed by atoms with E-state index in [0.29, 0.717) is 34.7 Å². The number of guanidine groups is 1. The highest BCUT2D eigenvalue weighted by atomic mass is 19.1. The molecule has 3 aliphatic rings. The minimum atomic E-state index is -0.636. The number of halogens is 1. The molecule has 0 spiro atoms. The molecule has 1 atom stereocenters. The summed E-state index contributed by atoms with van der Waals surface area (Å²) in [5.41, 5.74) is 5.54. The predicted octanol–water partition coefficient (Wildman–Crippen LogP) is 3.24. The molecule has 1 saturated carbocycles. The van der Waals surface area contributed by atoms with Crippen LogP contribution >= 0.6 is 0 Å². The fourth-order valence-electron chi connectivity index (χ4n) is 3.43. The number of aromatic nitrogens is 1. The number of nitrogens with one attached hydrogen (secondary N) is 2. The lowest BCUT2D eigenvalue weighted by atomic mass is 10.1. The Morgan fingerprint density at radius 2 is 2.17 bits per heavy atom. The van der Waals surface area contributed by atoms with Crippen LogP contribution in [0.5, 0.6) is 0 Å². The zero-order valence-electron chi connectivity index (χ0n) is 15.9. The third kappa shape index (κ3) is 3.33. The number of hydrogen-bond donors (Lipinski definition) is 2. The number of allylic oxidation sites excluding steroid dienone is 1. The number of nitrogens with zero attached hydrogens (tertiary/aromatic N) is 4. The standard InChI is InChI=1S/C20H19FN6O2/c1-10-17(29-11(2)23-10)19(28)24-14-5-6-16(21)15(7-14)18-25-20-22-8-13(12-3-4-12)9-27(20)26-18/h5-9,12,18,26H,3-4H2,1-2H3,(H,24,28). The monoisotopic (exact) mass is 394 g/mol. The number of hydrazine groups is 1. The highest BCUT2D eigenvalue weighted by Gasteiger charge is 2.32. The van der Waals surface area contributed by atoms with Crippen molar-refractivity contribution in [3.05, 3.63) is 58.7 Å². The molecule has 1 amide bonds. The first-order chi connectivity index (χ1) is 14.0. The first-order valence-corrected chi connectivity index (χ1v) is 9.42. The van der Waals surface area contributed by atoms with Gasteiger partial charge in [0.1, 0.15) is 12.0 Å². The molecular formula is C20H19FN6O2. The molecule has 9 heteroatoms. The van der Waals surface area contributed by atoms with E-state index in [1.165, 1.54) is 25.0 Å². The van der Waals surface area contributed by atoms with Crippen LogP contribution in [0, 0.1) is 25.6 Å². The Balaban J connectivity index is 1.37. The predicted molar refractivity (Wildman–Crippen MR) is 105 cm³/mol. The third-order valence-electron chi connectivity index (χ3n) is 5.04. The van der Waals surface area contributed by atoms with Gasteiger partial charge in [0.2, 0.25) is 11.7 Å². The largest absolute Gasteiger partial charge is 0.436 e. The van der Waals surface area contributed by atoms with Gasteiger partial charge in [-0.25, -0.2) is 24.4 Å². The summed E-state index contributed by atoms with van der Waals surface area (Å²) in [5.74, 6) is 0.726. The van der Waals surface area contributed by atoms with Gasteiger partial charge in [-0.05, 0) is 49.5 Å². The summed E-state index contributed by atoms with van der Waals surface area (Å²) in [6.45, 7) is 3.37. The van der Waals surface area contributed by atoms with Crippen LogP contribution in [0.25, 0.3) is 0 Å². The second kappa shape index (κ2) is 6.63. The molecule has 2 N–H and O–H groups in total. The maximum absolute atomic E-state index is 14.5. The second-order valence-corrected chi connectivity index (χ2v) is 7.33. The molecule has 0 saturated heterocycles. The molecule has 1 unspecified atom stereocenters. The van der Waals surface area contributed by atoms with Crippen molar-refractivity contribution in [1.29, 1.82) is 0 Å². The molecule has 1 aromatic heterocycles. The van der Waals surface area contributed by atoms with E-state index in [0.717, 1.165) is 5.57 Å². The molecule has 1 aromatic carbocycles. The first-order valence-electron chi connectivity index (χ1n) is 9.42. The number of aliphatic imine (C=N–C) groups is 2. The Labute approximate surface area is 166 Å². The van der Waals surface area contributed by atoms with Gasteiger partial charge in [-0.15, -0.1) is 0 Å². The van der Waals surface area contributed by atoms with Crippen molar-refractivity contribution in [2.24, 2.45) is 15.9 Å². The van der Waals surface area contributed by atoms with Gasteiger partial charge in [-0.2, -0.15) is 5.43 Å². The SMILES string of the molecule is Cc1nc(C)c(C(=O)Nc2ccc(F)c(C3N=C4N=CC(C5CC5)=CN4N3)c2)o1. The number of fused-ring (bicyclic) bond motifs is 1. The van der Waals surface area contributed by atoms with Crippen molar-refractivity contribution in [3.8, 4) is 0 Å². The molecule has 5 rings (SSSR count). The summed E-state index contributed by atoms with van der Waals surface area (Å²) >= 11 is 0. The maximum Gasteiger partial charge on any atom is 0.293 e. The number of anilines is 1. The number of rotatable bonds is 4. The van der Waals surface area contributed by atoms with Gasteiger partial charge in [0.15, 0.2) is 5.89 Å². The summed E-state index contributed by atoms with van der Waals surface area (Å²) < 4.78 is 19.9. The number of benzene rings is 1. The average Bonchev–Trinajstić information content (AvgIpc) is 3.37.